The van der Waals surface area contributed by atoms with Crippen molar-refractivity contribution >= 4 is 86.7 Å². The van der Waals surface area contributed by atoms with Crippen LogP contribution in [0.25, 0.3) is 10.1 Å². The Morgan fingerprint density at radius 2 is 1.58 bits per heavy atom. The number of ether oxygens (including phenoxy) is 1. The van der Waals surface area contributed by atoms with Crippen LogP contribution in [0.15, 0.2) is 103 Å². The summed E-state index contributed by atoms with van der Waals surface area (Å²) in [5.41, 5.74) is -4.00. The highest BCUT2D eigenvalue weighted by Gasteiger charge is 2.50. The summed E-state index contributed by atoms with van der Waals surface area (Å²) in [5.74, 6) is -2.04. The predicted molar refractivity (Wildman–Crippen MR) is 222 cm³/mol. The number of esters is 1. The molecular weight excluding hydrogens is 890 g/mol. The van der Waals surface area contributed by atoms with E-state index in [1.54, 1.807) is 57.2 Å². The number of rotatable bonds is 11. The number of carbonyl (C=O) groups excluding carboxylic acids is 4. The van der Waals surface area contributed by atoms with E-state index in [4.69, 9.17) is 4.74 Å². The van der Waals surface area contributed by atoms with Gasteiger partial charge in [-0.15, -0.1) is 11.3 Å². The van der Waals surface area contributed by atoms with E-state index in [0.29, 0.717) is 34.5 Å². The summed E-state index contributed by atoms with van der Waals surface area (Å²) < 4.78 is 47.2. The second-order valence-electron chi connectivity index (χ2n) is 14.7. The molecule has 0 spiro atoms. The van der Waals surface area contributed by atoms with Gasteiger partial charge in [0.2, 0.25) is 5.91 Å². The number of anilines is 2. The first-order valence-corrected chi connectivity index (χ1v) is 21.4. The van der Waals surface area contributed by atoms with Gasteiger partial charge in [-0.1, -0.05) is 57.2 Å². The van der Waals surface area contributed by atoms with Gasteiger partial charge in [0.25, 0.3) is 11.8 Å². The second kappa shape index (κ2) is 16.7. The molecule has 2 heterocycles. The molecule has 57 heavy (non-hydrogen) atoms. The van der Waals surface area contributed by atoms with Crippen molar-refractivity contribution in [2.75, 3.05) is 11.4 Å². The fraction of sp³-hybridized carbons (Fsp3) is 0.268. The van der Waals surface area contributed by atoms with Crippen LogP contribution >= 0.6 is 41.5 Å². The molecular formula is C41H39F2IN3O8PS. The van der Waals surface area contributed by atoms with Crippen LogP contribution in [0.1, 0.15) is 64.8 Å². The largest absolute Gasteiger partial charge is 0.457 e. The summed E-state index contributed by atoms with van der Waals surface area (Å²) in [4.78, 5) is 77.1. The summed E-state index contributed by atoms with van der Waals surface area (Å²) in [6.07, 6.45) is 0.885. The average molecular weight is 930 g/mol. The van der Waals surface area contributed by atoms with Crippen molar-refractivity contribution in [1.82, 2.24) is 10.2 Å². The molecule has 1 unspecified atom stereocenters. The Labute approximate surface area is 345 Å². The topological polar surface area (TPSA) is 154 Å². The molecule has 3 amide bonds. The normalized spacial score (nSPS) is 15.3. The minimum absolute atomic E-state index is 0.0926. The van der Waals surface area contributed by atoms with E-state index >= 15 is 0 Å². The van der Waals surface area contributed by atoms with Crippen LogP contribution in [0.4, 0.5) is 20.2 Å². The number of benzene rings is 4. The van der Waals surface area contributed by atoms with E-state index in [9.17, 15) is 42.3 Å². The van der Waals surface area contributed by atoms with Crippen molar-refractivity contribution in [3.63, 3.8) is 0 Å². The molecule has 1 aromatic heterocycles. The zero-order valence-electron chi connectivity index (χ0n) is 31.0. The predicted octanol–water partition coefficient (Wildman–Crippen LogP) is 8.59. The van der Waals surface area contributed by atoms with Crippen LogP contribution in [0, 0.1) is 8.99 Å². The molecule has 0 radical (unpaired) electrons. The molecule has 1 aliphatic rings. The van der Waals surface area contributed by atoms with Crippen molar-refractivity contribution in [2.45, 2.75) is 58.0 Å². The lowest BCUT2D eigenvalue weighted by Crippen LogP contribution is -2.57. The third-order valence-corrected chi connectivity index (χ3v) is 12.4. The van der Waals surface area contributed by atoms with Crippen molar-refractivity contribution in [1.29, 1.82) is 0 Å². The second-order valence-corrected chi connectivity index (χ2v) is 18.6. The first-order chi connectivity index (χ1) is 26.8. The van der Waals surface area contributed by atoms with Crippen molar-refractivity contribution in [3.05, 3.63) is 128 Å². The molecule has 1 saturated heterocycles. The number of alkyl halides is 2. The van der Waals surface area contributed by atoms with Crippen LogP contribution < -0.4 is 10.2 Å². The lowest BCUT2D eigenvalue weighted by Gasteiger charge is -2.36. The van der Waals surface area contributed by atoms with Crippen LogP contribution in [-0.4, -0.2) is 57.0 Å². The maximum absolute atomic E-state index is 14.7. The fourth-order valence-corrected chi connectivity index (χ4v) is 8.29. The first kappa shape index (κ1) is 42.1. The molecule has 0 aliphatic carbocycles. The number of hydrogen-bond acceptors (Lipinski definition) is 7. The zero-order chi connectivity index (χ0) is 41.3. The number of thiophene rings is 1. The summed E-state index contributed by atoms with van der Waals surface area (Å²) in [7, 11) is -5.81. The van der Waals surface area contributed by atoms with Gasteiger partial charge in [-0.25, -0.2) is 4.79 Å². The minimum Gasteiger partial charge on any atom is -0.457 e. The van der Waals surface area contributed by atoms with Crippen LogP contribution in [0.3, 0.4) is 0 Å². The molecule has 298 valence electrons. The standard InChI is InChI=1S/C41H39F2IN3O8PS/c1-40(2,3)35(45-36(48)34-23-27-22-28(13-20-33(27)57-34)41(42,43)56(52,53)54)38(50)46-21-7-10-32(46)37(49)47(31-18-14-29(44)15-19-31)30-16-11-26(12-17-30)39(51)55-24-25-8-5-4-6-9-25/h4-6,8-9,11-20,22-23,32,35H,7,10,21,24H2,1-3H3,(H,45,48)(H2,52,53,54)/t32-,35?/m0/s1. The molecule has 3 N–H and O–H groups in total. The lowest BCUT2D eigenvalue weighted by atomic mass is 9.85. The van der Waals surface area contributed by atoms with Gasteiger partial charge in [0, 0.05) is 31.8 Å². The lowest BCUT2D eigenvalue weighted by molar-refractivity contribution is -0.140. The number of nitrogens with zero attached hydrogens (tertiary/aromatic N) is 2. The highest BCUT2D eigenvalue weighted by molar-refractivity contribution is 14.1. The van der Waals surface area contributed by atoms with E-state index in [0.717, 1.165) is 32.6 Å². The Hall–Kier alpha value is -4.54. The molecule has 11 nitrogen and oxygen atoms in total. The Balaban J connectivity index is 1.23. The number of likely N-dealkylation sites (tertiary alicyclic amines) is 1. The monoisotopic (exact) mass is 929 g/mol. The summed E-state index contributed by atoms with van der Waals surface area (Å²) in [5, 5.41) is 2.99. The SMILES string of the molecule is CC(C)(C)C(NC(=O)c1cc2cc(C(F)(F)P(=O)(O)O)ccc2s1)C(=O)N1CCC[C@H]1C(=O)N(c1ccc(I)cc1)c1ccc(C(=O)OCc2ccccc2)cc1. The molecule has 1 aliphatic heterocycles. The van der Waals surface area contributed by atoms with Crippen molar-refractivity contribution < 1.29 is 47.0 Å². The third-order valence-electron chi connectivity index (χ3n) is 9.54. The Bertz CT molecular complexity index is 2350. The molecule has 0 saturated carbocycles. The number of amides is 3. The summed E-state index contributed by atoms with van der Waals surface area (Å²) in [6.45, 7) is 5.67. The average Bonchev–Trinajstić information content (AvgIpc) is 3.84. The van der Waals surface area contributed by atoms with E-state index in [-0.39, 0.29) is 29.3 Å². The molecule has 16 heteroatoms. The van der Waals surface area contributed by atoms with E-state index in [1.165, 1.54) is 21.9 Å². The number of halogens is 3. The summed E-state index contributed by atoms with van der Waals surface area (Å²) in [6, 6.07) is 25.5. The zero-order valence-corrected chi connectivity index (χ0v) is 34.9. The van der Waals surface area contributed by atoms with Crippen LogP contribution in [0.2, 0.25) is 0 Å². The maximum Gasteiger partial charge on any atom is 0.399 e. The number of nitrogens with one attached hydrogen (secondary N) is 1. The number of fused-ring (bicyclic) bond motifs is 1. The molecule has 0 bridgehead atoms. The van der Waals surface area contributed by atoms with Gasteiger partial charge in [0.1, 0.15) is 18.7 Å². The minimum atomic E-state index is -5.81. The summed E-state index contributed by atoms with van der Waals surface area (Å²) >= 11 is 3.14. The van der Waals surface area contributed by atoms with Crippen LogP contribution in [-0.2, 0) is 31.2 Å². The molecule has 6 rings (SSSR count). The Kier molecular flexibility index (Phi) is 12.4. The maximum atomic E-state index is 14.7. The van der Waals surface area contributed by atoms with Gasteiger partial charge in [-0.05, 0) is 119 Å². The molecule has 4 aromatic carbocycles. The fourth-order valence-electron chi connectivity index (χ4n) is 6.51. The van der Waals surface area contributed by atoms with Gasteiger partial charge < -0.3 is 24.7 Å². The van der Waals surface area contributed by atoms with Gasteiger partial charge in [-0.2, -0.15) is 8.78 Å². The quantitative estimate of drug-likeness (QED) is 0.0677. The molecule has 1 fully saturated rings. The van der Waals surface area contributed by atoms with Gasteiger partial charge >= 0.3 is 19.2 Å². The van der Waals surface area contributed by atoms with Gasteiger partial charge in [0.15, 0.2) is 0 Å². The number of carbonyl (C=O) groups is 4. The van der Waals surface area contributed by atoms with Crippen LogP contribution in [0.5, 0.6) is 0 Å². The van der Waals surface area contributed by atoms with Crippen molar-refractivity contribution in [3.8, 4) is 0 Å². The molecule has 5 aromatic rings. The third kappa shape index (κ3) is 9.28. The highest BCUT2D eigenvalue weighted by atomic mass is 127. The molecule has 2 atom stereocenters. The van der Waals surface area contributed by atoms with E-state index < -0.39 is 54.1 Å². The number of hydrogen-bond donors (Lipinski definition) is 3. The smallest absolute Gasteiger partial charge is 0.399 e. The Morgan fingerprint density at radius 3 is 2.19 bits per heavy atom. The van der Waals surface area contributed by atoms with Crippen molar-refractivity contribution in [2.24, 2.45) is 5.41 Å². The van der Waals surface area contributed by atoms with Gasteiger partial charge in [0.05, 0.1) is 10.4 Å². The Morgan fingerprint density at radius 1 is 0.947 bits per heavy atom. The van der Waals surface area contributed by atoms with E-state index in [1.807, 2.05) is 42.5 Å². The van der Waals surface area contributed by atoms with E-state index in [2.05, 4.69) is 27.9 Å². The first-order valence-electron chi connectivity index (χ1n) is 17.8. The van der Waals surface area contributed by atoms with Gasteiger partial charge in [-0.3, -0.25) is 23.8 Å². The highest BCUT2D eigenvalue weighted by Crippen LogP contribution is 2.59.